The lowest BCUT2D eigenvalue weighted by molar-refractivity contribution is -0.136. The van der Waals surface area contributed by atoms with Crippen molar-refractivity contribution in [3.8, 4) is 0 Å². The van der Waals surface area contributed by atoms with Crippen LogP contribution in [0, 0.1) is 6.92 Å². The Morgan fingerprint density at radius 2 is 2.05 bits per heavy atom. The maximum Gasteiger partial charge on any atom is 0.167 e. The summed E-state index contributed by atoms with van der Waals surface area (Å²) in [5.41, 5.74) is 2.29. The van der Waals surface area contributed by atoms with Crippen LogP contribution in [0.2, 0.25) is 0 Å². The van der Waals surface area contributed by atoms with Crippen LogP contribution in [0.25, 0.3) is 0 Å². The number of aryl methyl sites for hydroxylation is 1. The van der Waals surface area contributed by atoms with Crippen LogP contribution in [-0.4, -0.2) is 42.5 Å². The van der Waals surface area contributed by atoms with Crippen molar-refractivity contribution in [2.24, 2.45) is 0 Å². The number of hydrogen-bond acceptors (Lipinski definition) is 3. The maximum absolute atomic E-state index is 12.3. The van der Waals surface area contributed by atoms with Gasteiger partial charge in [0.25, 0.3) is 0 Å². The van der Waals surface area contributed by atoms with Crippen molar-refractivity contribution in [1.29, 1.82) is 0 Å². The van der Waals surface area contributed by atoms with E-state index in [0.717, 1.165) is 18.7 Å². The minimum atomic E-state index is -0.266. The molecule has 1 atom stereocenters. The van der Waals surface area contributed by atoms with Crippen LogP contribution < -0.4 is 0 Å². The molecule has 0 bridgehead atoms. The van der Waals surface area contributed by atoms with Crippen LogP contribution in [0.5, 0.6) is 0 Å². The van der Waals surface area contributed by atoms with E-state index in [9.17, 15) is 4.79 Å². The standard InChI is InChI=1S/C16H23NO2/c1-12(2)17-8-9-19-16(11-17)15(18)10-14-6-4-13(3)5-7-14/h4-7,12,16H,8-11H2,1-3H3. The summed E-state index contributed by atoms with van der Waals surface area (Å²) in [6.45, 7) is 8.67. The summed E-state index contributed by atoms with van der Waals surface area (Å²) in [5.74, 6) is 0.189. The summed E-state index contributed by atoms with van der Waals surface area (Å²) in [7, 11) is 0. The summed E-state index contributed by atoms with van der Waals surface area (Å²) in [4.78, 5) is 14.6. The van der Waals surface area contributed by atoms with E-state index in [-0.39, 0.29) is 11.9 Å². The van der Waals surface area contributed by atoms with Crippen LogP contribution in [0.4, 0.5) is 0 Å². The molecule has 2 rings (SSSR count). The molecule has 1 fully saturated rings. The second-order valence-electron chi connectivity index (χ2n) is 5.58. The molecule has 1 aliphatic rings. The zero-order valence-electron chi connectivity index (χ0n) is 12.1. The molecule has 0 aliphatic carbocycles. The fraction of sp³-hybridized carbons (Fsp3) is 0.562. The lowest BCUT2D eigenvalue weighted by atomic mass is 10.0. The summed E-state index contributed by atoms with van der Waals surface area (Å²) in [6.07, 6.45) is 0.203. The van der Waals surface area contributed by atoms with Crippen LogP contribution in [0.1, 0.15) is 25.0 Å². The number of morpholine rings is 1. The molecule has 3 nitrogen and oxygen atoms in total. The largest absolute Gasteiger partial charge is 0.368 e. The molecule has 1 aliphatic heterocycles. The second kappa shape index (κ2) is 6.31. The quantitative estimate of drug-likeness (QED) is 0.832. The summed E-state index contributed by atoms with van der Waals surface area (Å²) in [5, 5.41) is 0. The number of rotatable bonds is 4. The third kappa shape index (κ3) is 3.88. The number of ketones is 1. The van der Waals surface area contributed by atoms with Gasteiger partial charge in [0.15, 0.2) is 5.78 Å². The Morgan fingerprint density at radius 1 is 1.37 bits per heavy atom. The van der Waals surface area contributed by atoms with Gasteiger partial charge in [-0.2, -0.15) is 0 Å². The smallest absolute Gasteiger partial charge is 0.167 e. The van der Waals surface area contributed by atoms with Crippen molar-refractivity contribution < 1.29 is 9.53 Å². The molecule has 0 radical (unpaired) electrons. The van der Waals surface area contributed by atoms with Crippen LogP contribution >= 0.6 is 0 Å². The Balaban J connectivity index is 1.94. The molecule has 3 heteroatoms. The summed E-state index contributed by atoms with van der Waals surface area (Å²) >= 11 is 0. The molecule has 0 saturated carbocycles. The number of ether oxygens (including phenoxy) is 1. The predicted octanol–water partition coefficient (Wildman–Crippen LogP) is 2.22. The van der Waals surface area contributed by atoms with Gasteiger partial charge in [-0.3, -0.25) is 9.69 Å². The van der Waals surface area contributed by atoms with Gasteiger partial charge in [0.1, 0.15) is 6.10 Å². The number of carbonyl (C=O) groups excluding carboxylic acids is 1. The van der Waals surface area contributed by atoms with E-state index in [1.807, 2.05) is 24.3 Å². The van der Waals surface area contributed by atoms with E-state index in [2.05, 4.69) is 25.7 Å². The highest BCUT2D eigenvalue weighted by molar-refractivity contribution is 5.85. The minimum Gasteiger partial charge on any atom is -0.368 e. The third-order valence-electron chi connectivity index (χ3n) is 3.69. The van der Waals surface area contributed by atoms with Crippen molar-refractivity contribution in [3.05, 3.63) is 35.4 Å². The van der Waals surface area contributed by atoms with Crippen molar-refractivity contribution in [1.82, 2.24) is 4.90 Å². The molecule has 1 heterocycles. The van der Waals surface area contributed by atoms with Crippen LogP contribution in [-0.2, 0) is 16.0 Å². The van der Waals surface area contributed by atoms with Gasteiger partial charge >= 0.3 is 0 Å². The fourth-order valence-corrected chi connectivity index (χ4v) is 2.35. The van der Waals surface area contributed by atoms with Gasteiger partial charge in [0, 0.05) is 25.6 Å². The maximum atomic E-state index is 12.3. The molecule has 19 heavy (non-hydrogen) atoms. The minimum absolute atomic E-state index is 0.189. The lowest BCUT2D eigenvalue weighted by Crippen LogP contribution is -2.49. The van der Waals surface area contributed by atoms with Gasteiger partial charge < -0.3 is 4.74 Å². The molecule has 0 aromatic heterocycles. The topological polar surface area (TPSA) is 29.5 Å². The SMILES string of the molecule is Cc1ccc(CC(=O)C2CN(C(C)C)CCO2)cc1. The Hall–Kier alpha value is -1.19. The first-order chi connectivity index (χ1) is 9.06. The van der Waals surface area contributed by atoms with Gasteiger partial charge in [0.05, 0.1) is 6.61 Å². The first-order valence-electron chi connectivity index (χ1n) is 7.00. The second-order valence-corrected chi connectivity index (χ2v) is 5.58. The van der Waals surface area contributed by atoms with Crippen molar-refractivity contribution in [2.75, 3.05) is 19.7 Å². The predicted molar refractivity (Wildman–Crippen MR) is 76.3 cm³/mol. The van der Waals surface area contributed by atoms with E-state index in [1.54, 1.807) is 0 Å². The first-order valence-corrected chi connectivity index (χ1v) is 7.00. The normalized spacial score (nSPS) is 20.7. The number of benzene rings is 1. The Kier molecular flexibility index (Phi) is 4.72. The number of nitrogens with zero attached hydrogens (tertiary/aromatic N) is 1. The molecular weight excluding hydrogens is 238 g/mol. The number of carbonyl (C=O) groups is 1. The Bertz CT molecular complexity index is 425. The highest BCUT2D eigenvalue weighted by Gasteiger charge is 2.27. The highest BCUT2D eigenvalue weighted by Crippen LogP contribution is 2.12. The average molecular weight is 261 g/mol. The summed E-state index contributed by atoms with van der Waals surface area (Å²) in [6, 6.07) is 8.61. The molecule has 104 valence electrons. The molecule has 1 aromatic carbocycles. The van der Waals surface area contributed by atoms with E-state index in [4.69, 9.17) is 4.74 Å². The Labute approximate surface area is 115 Å². The van der Waals surface area contributed by atoms with Gasteiger partial charge in [-0.1, -0.05) is 29.8 Å². The molecular formula is C16H23NO2. The first kappa shape index (κ1) is 14.2. The zero-order valence-corrected chi connectivity index (χ0v) is 12.1. The zero-order chi connectivity index (χ0) is 13.8. The van der Waals surface area contributed by atoms with E-state index < -0.39 is 0 Å². The van der Waals surface area contributed by atoms with E-state index >= 15 is 0 Å². The molecule has 0 N–H and O–H groups in total. The monoisotopic (exact) mass is 261 g/mol. The molecule has 1 saturated heterocycles. The van der Waals surface area contributed by atoms with Gasteiger partial charge in [-0.05, 0) is 26.3 Å². The van der Waals surface area contributed by atoms with E-state index in [1.165, 1.54) is 5.56 Å². The van der Waals surface area contributed by atoms with Crippen molar-refractivity contribution in [2.45, 2.75) is 39.3 Å². The van der Waals surface area contributed by atoms with Crippen LogP contribution in [0.3, 0.4) is 0 Å². The number of hydrogen-bond donors (Lipinski definition) is 0. The average Bonchev–Trinajstić information content (AvgIpc) is 2.41. The van der Waals surface area contributed by atoms with Gasteiger partial charge in [-0.15, -0.1) is 0 Å². The Morgan fingerprint density at radius 3 is 2.68 bits per heavy atom. The highest BCUT2D eigenvalue weighted by atomic mass is 16.5. The molecule has 0 spiro atoms. The lowest BCUT2D eigenvalue weighted by Gasteiger charge is -2.34. The molecule has 1 aromatic rings. The van der Waals surface area contributed by atoms with Crippen molar-refractivity contribution >= 4 is 5.78 Å². The fourth-order valence-electron chi connectivity index (χ4n) is 2.35. The third-order valence-corrected chi connectivity index (χ3v) is 3.69. The molecule has 1 unspecified atom stereocenters. The summed E-state index contributed by atoms with van der Waals surface area (Å²) < 4.78 is 5.62. The van der Waals surface area contributed by atoms with Crippen LogP contribution in [0.15, 0.2) is 24.3 Å². The van der Waals surface area contributed by atoms with Gasteiger partial charge in [0.2, 0.25) is 0 Å². The molecule has 0 amide bonds. The van der Waals surface area contributed by atoms with Crippen molar-refractivity contribution in [3.63, 3.8) is 0 Å². The van der Waals surface area contributed by atoms with E-state index in [0.29, 0.717) is 19.1 Å². The van der Waals surface area contributed by atoms with Gasteiger partial charge in [-0.25, -0.2) is 0 Å². The number of Topliss-reactive ketones (excluding diaryl/α,β-unsaturated/α-hetero) is 1.